The number of benzene rings is 3. The van der Waals surface area contributed by atoms with Crippen molar-refractivity contribution in [1.29, 1.82) is 0 Å². The highest BCUT2D eigenvalue weighted by Crippen LogP contribution is 2.44. The predicted molar refractivity (Wildman–Crippen MR) is 129 cm³/mol. The number of carbonyl (C=O) groups is 3. The van der Waals surface area contributed by atoms with Crippen LogP contribution >= 0.6 is 0 Å². The number of fused-ring (bicyclic) bond motifs is 3. The number of nitrogens with one attached hydrogen (secondary N) is 2. The third kappa shape index (κ3) is 4.73. The molecule has 3 aromatic rings. The van der Waals surface area contributed by atoms with Crippen LogP contribution in [0, 0.1) is 5.82 Å². The number of alkyl carbamates (subject to hydrolysis) is 1. The van der Waals surface area contributed by atoms with E-state index in [0.29, 0.717) is 0 Å². The van der Waals surface area contributed by atoms with Crippen LogP contribution in [0.2, 0.25) is 0 Å². The van der Waals surface area contributed by atoms with Gasteiger partial charge in [-0.15, -0.1) is 0 Å². The van der Waals surface area contributed by atoms with Gasteiger partial charge < -0.3 is 20.5 Å². The molecule has 2 amide bonds. The van der Waals surface area contributed by atoms with Crippen LogP contribution in [0.4, 0.5) is 14.9 Å². The third-order valence-electron chi connectivity index (χ3n) is 6.38. The molecular weight excluding hydrogens is 451 g/mol. The largest absolute Gasteiger partial charge is 0.478 e. The predicted octanol–water partition coefficient (Wildman–Crippen LogP) is 5.17. The fraction of sp³-hybridized carbons (Fsp3) is 0.222. The van der Waals surface area contributed by atoms with Crippen LogP contribution in [0.5, 0.6) is 0 Å². The van der Waals surface area contributed by atoms with Crippen molar-refractivity contribution in [2.24, 2.45) is 0 Å². The van der Waals surface area contributed by atoms with E-state index in [9.17, 15) is 18.8 Å². The second-order valence-electron chi connectivity index (χ2n) is 8.59. The molecule has 0 aromatic heterocycles. The Hall–Kier alpha value is -4.20. The minimum absolute atomic E-state index is 0.0984. The lowest BCUT2D eigenvalue weighted by molar-refractivity contribution is -0.121. The molecule has 1 aliphatic rings. The Balaban J connectivity index is 1.44. The molecule has 7 nitrogen and oxygen atoms in total. The first kappa shape index (κ1) is 23.9. The number of rotatable bonds is 7. The van der Waals surface area contributed by atoms with Crippen molar-refractivity contribution in [3.8, 4) is 11.1 Å². The Morgan fingerprint density at radius 1 is 1.00 bits per heavy atom. The average molecular weight is 477 g/mol. The summed E-state index contributed by atoms with van der Waals surface area (Å²) in [5.41, 5.74) is 2.55. The molecule has 3 aromatic carbocycles. The number of carboxylic acid groups (broad SMARTS) is 1. The van der Waals surface area contributed by atoms with E-state index in [1.165, 1.54) is 13.0 Å². The highest BCUT2D eigenvalue weighted by atomic mass is 19.1. The summed E-state index contributed by atoms with van der Waals surface area (Å²) >= 11 is 0. The number of halogens is 1. The Morgan fingerprint density at radius 2 is 1.60 bits per heavy atom. The molecule has 0 radical (unpaired) electrons. The lowest BCUT2D eigenvalue weighted by atomic mass is 9.97. The van der Waals surface area contributed by atoms with Gasteiger partial charge in [0.2, 0.25) is 5.91 Å². The summed E-state index contributed by atoms with van der Waals surface area (Å²) < 4.78 is 19.2. The standard InChI is InChI=1S/C27H25FN2O5/c1-3-27(2,25(33)29-16-12-13-23(28)21(14-16)24(31)32)30-26(34)35-15-22-19-10-6-4-8-17(19)18-9-5-7-11-20(18)22/h4-14,22H,3,15H2,1-2H3,(H,29,33)(H,30,34)(H,31,32). The number of carboxylic acids is 1. The molecule has 0 bridgehead atoms. The first-order chi connectivity index (χ1) is 16.7. The topological polar surface area (TPSA) is 105 Å². The smallest absolute Gasteiger partial charge is 0.408 e. The Kier molecular flexibility index (Phi) is 6.55. The van der Waals surface area contributed by atoms with E-state index in [-0.39, 0.29) is 24.6 Å². The van der Waals surface area contributed by atoms with Crippen LogP contribution in [0.15, 0.2) is 66.7 Å². The molecule has 4 rings (SSSR count). The Morgan fingerprint density at radius 3 is 2.17 bits per heavy atom. The van der Waals surface area contributed by atoms with Crippen LogP contribution in [0.1, 0.15) is 47.7 Å². The first-order valence-corrected chi connectivity index (χ1v) is 11.2. The molecule has 1 aliphatic carbocycles. The van der Waals surface area contributed by atoms with Gasteiger partial charge in [-0.1, -0.05) is 55.5 Å². The molecule has 0 spiro atoms. The number of anilines is 1. The van der Waals surface area contributed by atoms with Crippen molar-refractivity contribution < 1.29 is 28.6 Å². The minimum Gasteiger partial charge on any atom is -0.478 e. The monoisotopic (exact) mass is 476 g/mol. The lowest BCUT2D eigenvalue weighted by Gasteiger charge is -2.28. The van der Waals surface area contributed by atoms with E-state index in [2.05, 4.69) is 10.6 Å². The number of ether oxygens (including phenoxy) is 1. The van der Waals surface area contributed by atoms with Crippen LogP contribution in [0.3, 0.4) is 0 Å². The van der Waals surface area contributed by atoms with Gasteiger partial charge in [-0.3, -0.25) is 4.79 Å². The Bertz CT molecular complexity index is 1260. The maximum atomic E-state index is 13.7. The zero-order chi connectivity index (χ0) is 25.2. The molecule has 1 atom stereocenters. The zero-order valence-electron chi connectivity index (χ0n) is 19.3. The fourth-order valence-electron chi connectivity index (χ4n) is 4.20. The van der Waals surface area contributed by atoms with Crippen LogP contribution in [0.25, 0.3) is 11.1 Å². The zero-order valence-corrected chi connectivity index (χ0v) is 19.3. The molecule has 180 valence electrons. The van der Waals surface area contributed by atoms with Gasteiger partial charge in [0.05, 0.1) is 5.56 Å². The van der Waals surface area contributed by atoms with Gasteiger partial charge >= 0.3 is 12.1 Å². The first-order valence-electron chi connectivity index (χ1n) is 11.2. The molecular formula is C27H25FN2O5. The normalized spacial score (nSPS) is 13.8. The molecule has 0 heterocycles. The summed E-state index contributed by atoms with van der Waals surface area (Å²) in [7, 11) is 0. The summed E-state index contributed by atoms with van der Waals surface area (Å²) in [6, 6.07) is 19.2. The van der Waals surface area contributed by atoms with Crippen molar-refractivity contribution in [1.82, 2.24) is 5.32 Å². The summed E-state index contributed by atoms with van der Waals surface area (Å²) in [4.78, 5) is 36.8. The number of carbonyl (C=O) groups excluding carboxylic acids is 2. The highest BCUT2D eigenvalue weighted by molar-refractivity contribution is 6.00. The summed E-state index contributed by atoms with van der Waals surface area (Å²) in [5.74, 6) is -3.07. The summed E-state index contributed by atoms with van der Waals surface area (Å²) in [6.07, 6.45) is -0.521. The number of hydrogen-bond donors (Lipinski definition) is 3. The summed E-state index contributed by atoms with van der Waals surface area (Å²) in [6.45, 7) is 3.35. The summed E-state index contributed by atoms with van der Waals surface area (Å²) in [5, 5.41) is 14.3. The molecule has 0 saturated carbocycles. The van der Waals surface area contributed by atoms with Crippen molar-refractivity contribution in [2.45, 2.75) is 31.7 Å². The third-order valence-corrected chi connectivity index (χ3v) is 6.38. The number of aromatic carboxylic acids is 1. The number of hydrogen-bond acceptors (Lipinski definition) is 4. The van der Waals surface area contributed by atoms with Gasteiger partial charge in [-0.25, -0.2) is 14.0 Å². The molecule has 35 heavy (non-hydrogen) atoms. The van der Waals surface area contributed by atoms with Crippen LogP contribution in [-0.2, 0) is 9.53 Å². The van der Waals surface area contributed by atoms with E-state index in [0.717, 1.165) is 34.4 Å². The lowest BCUT2D eigenvalue weighted by Crippen LogP contribution is -2.54. The quantitative estimate of drug-likeness (QED) is 0.436. The molecule has 0 aliphatic heterocycles. The van der Waals surface area contributed by atoms with Crippen LogP contribution < -0.4 is 10.6 Å². The minimum atomic E-state index is -1.45. The maximum Gasteiger partial charge on any atom is 0.408 e. The molecule has 8 heteroatoms. The van der Waals surface area contributed by atoms with Crippen molar-refractivity contribution in [3.05, 3.63) is 89.2 Å². The average Bonchev–Trinajstić information content (AvgIpc) is 3.17. The molecule has 1 unspecified atom stereocenters. The fourth-order valence-corrected chi connectivity index (χ4v) is 4.20. The van der Waals surface area contributed by atoms with E-state index in [1.807, 2.05) is 48.5 Å². The van der Waals surface area contributed by atoms with Gasteiger partial charge in [0.25, 0.3) is 0 Å². The maximum absolute atomic E-state index is 13.7. The van der Waals surface area contributed by atoms with E-state index in [4.69, 9.17) is 9.84 Å². The van der Waals surface area contributed by atoms with E-state index < -0.39 is 34.9 Å². The van der Waals surface area contributed by atoms with Crippen LogP contribution in [-0.4, -0.2) is 35.2 Å². The SMILES string of the molecule is CCC(C)(NC(=O)OCC1c2ccccc2-c2ccccc21)C(=O)Nc1ccc(F)c(C(=O)O)c1. The van der Waals surface area contributed by atoms with Gasteiger partial charge in [-0.2, -0.15) is 0 Å². The molecule has 0 fully saturated rings. The van der Waals surface area contributed by atoms with Gasteiger partial charge in [0, 0.05) is 11.6 Å². The van der Waals surface area contributed by atoms with Crippen molar-refractivity contribution in [2.75, 3.05) is 11.9 Å². The number of amides is 2. The van der Waals surface area contributed by atoms with Gasteiger partial charge in [-0.05, 0) is 53.8 Å². The van der Waals surface area contributed by atoms with E-state index in [1.54, 1.807) is 6.92 Å². The van der Waals surface area contributed by atoms with Gasteiger partial charge in [0.1, 0.15) is 18.0 Å². The molecule has 0 saturated heterocycles. The van der Waals surface area contributed by atoms with Gasteiger partial charge in [0.15, 0.2) is 0 Å². The van der Waals surface area contributed by atoms with Crippen molar-refractivity contribution >= 4 is 23.7 Å². The second kappa shape index (κ2) is 9.58. The second-order valence-corrected chi connectivity index (χ2v) is 8.59. The highest BCUT2D eigenvalue weighted by Gasteiger charge is 2.35. The molecule has 3 N–H and O–H groups in total. The van der Waals surface area contributed by atoms with E-state index >= 15 is 0 Å². The Labute approximate surface area is 201 Å². The van der Waals surface area contributed by atoms with Crippen molar-refractivity contribution in [3.63, 3.8) is 0 Å².